The second kappa shape index (κ2) is 5.00. The molecule has 0 aliphatic rings. The van der Waals surface area contributed by atoms with E-state index in [1.54, 1.807) is 18.2 Å². The Hall–Kier alpha value is -1.52. The molecule has 3 N–H and O–H groups in total. The van der Waals surface area contributed by atoms with Crippen LogP contribution in [0.3, 0.4) is 0 Å². The normalized spacial score (nSPS) is 10.4. The van der Waals surface area contributed by atoms with Gasteiger partial charge in [-0.3, -0.25) is 0 Å². The Balaban J connectivity index is 2.39. The average molecular weight is 289 g/mol. The van der Waals surface area contributed by atoms with Crippen molar-refractivity contribution >= 4 is 40.3 Å². The maximum absolute atomic E-state index is 13.2. The Morgan fingerprint density at radius 1 is 0.944 bits per heavy atom. The molecule has 0 heterocycles. The third-order valence-corrected chi connectivity index (χ3v) is 2.67. The van der Waals surface area contributed by atoms with Crippen LogP contribution >= 0.6 is 23.2 Å². The SMILES string of the molecule is Nc1c(F)cc(F)cc1Nc1cc(Cl)cc(Cl)c1. The monoisotopic (exact) mass is 288 g/mol. The molecule has 94 valence electrons. The summed E-state index contributed by atoms with van der Waals surface area (Å²) >= 11 is 11.6. The molecular weight excluding hydrogens is 281 g/mol. The van der Waals surface area contributed by atoms with E-state index in [4.69, 9.17) is 28.9 Å². The Morgan fingerprint density at radius 3 is 2.17 bits per heavy atom. The molecule has 0 fully saturated rings. The molecule has 2 aromatic carbocycles. The van der Waals surface area contributed by atoms with E-state index < -0.39 is 11.6 Å². The summed E-state index contributed by atoms with van der Waals surface area (Å²) in [6.07, 6.45) is 0. The molecule has 6 heteroatoms. The summed E-state index contributed by atoms with van der Waals surface area (Å²) in [6.45, 7) is 0. The van der Waals surface area contributed by atoms with Crippen molar-refractivity contribution in [2.24, 2.45) is 0 Å². The zero-order chi connectivity index (χ0) is 13.3. The van der Waals surface area contributed by atoms with Gasteiger partial charge in [-0.2, -0.15) is 0 Å². The maximum Gasteiger partial charge on any atom is 0.151 e. The van der Waals surface area contributed by atoms with Crippen LogP contribution in [0.5, 0.6) is 0 Å². The third kappa shape index (κ3) is 2.83. The van der Waals surface area contributed by atoms with E-state index in [-0.39, 0.29) is 11.4 Å². The van der Waals surface area contributed by atoms with E-state index >= 15 is 0 Å². The highest BCUT2D eigenvalue weighted by Gasteiger charge is 2.09. The summed E-state index contributed by atoms with van der Waals surface area (Å²) in [6, 6.07) is 6.48. The lowest BCUT2D eigenvalue weighted by atomic mass is 10.2. The first kappa shape index (κ1) is 12.9. The number of anilines is 3. The molecular formula is C12H8Cl2F2N2. The topological polar surface area (TPSA) is 38.0 Å². The van der Waals surface area contributed by atoms with E-state index in [9.17, 15) is 8.78 Å². The van der Waals surface area contributed by atoms with Crippen molar-refractivity contribution in [3.05, 3.63) is 52.0 Å². The zero-order valence-electron chi connectivity index (χ0n) is 8.98. The highest BCUT2D eigenvalue weighted by molar-refractivity contribution is 6.35. The Kier molecular flexibility index (Phi) is 3.59. The van der Waals surface area contributed by atoms with E-state index in [0.717, 1.165) is 6.07 Å². The fourth-order valence-corrected chi connectivity index (χ4v) is 2.00. The van der Waals surface area contributed by atoms with Gasteiger partial charge in [0.15, 0.2) is 5.82 Å². The minimum Gasteiger partial charge on any atom is -0.395 e. The summed E-state index contributed by atoms with van der Waals surface area (Å²) in [5, 5.41) is 3.57. The maximum atomic E-state index is 13.2. The molecule has 2 rings (SSSR count). The number of nitrogen functional groups attached to an aromatic ring is 1. The number of rotatable bonds is 2. The molecule has 0 bridgehead atoms. The summed E-state index contributed by atoms with van der Waals surface area (Å²) in [7, 11) is 0. The van der Waals surface area contributed by atoms with Crippen molar-refractivity contribution < 1.29 is 8.78 Å². The molecule has 0 saturated carbocycles. The minimum atomic E-state index is -0.828. The Bertz CT molecular complexity index is 583. The lowest BCUT2D eigenvalue weighted by molar-refractivity contribution is 0.587. The van der Waals surface area contributed by atoms with Crippen molar-refractivity contribution in [1.29, 1.82) is 0 Å². The van der Waals surface area contributed by atoms with Gasteiger partial charge in [0.2, 0.25) is 0 Å². The van der Waals surface area contributed by atoms with E-state index in [1.165, 1.54) is 0 Å². The van der Waals surface area contributed by atoms with Crippen LogP contribution in [0.4, 0.5) is 25.8 Å². The average Bonchev–Trinajstić information content (AvgIpc) is 2.23. The molecule has 0 aliphatic carbocycles. The van der Waals surface area contributed by atoms with Crippen LogP contribution in [-0.2, 0) is 0 Å². The number of nitrogens with one attached hydrogen (secondary N) is 1. The van der Waals surface area contributed by atoms with E-state index in [1.807, 2.05) is 0 Å². The van der Waals surface area contributed by atoms with Gasteiger partial charge >= 0.3 is 0 Å². The smallest absolute Gasteiger partial charge is 0.151 e. The van der Waals surface area contributed by atoms with Crippen LogP contribution in [0.15, 0.2) is 30.3 Å². The van der Waals surface area contributed by atoms with Crippen molar-refractivity contribution in [3.63, 3.8) is 0 Å². The quantitative estimate of drug-likeness (QED) is 0.793. The van der Waals surface area contributed by atoms with E-state index in [0.29, 0.717) is 21.8 Å². The zero-order valence-corrected chi connectivity index (χ0v) is 10.5. The van der Waals surface area contributed by atoms with Gasteiger partial charge in [-0.1, -0.05) is 23.2 Å². The van der Waals surface area contributed by atoms with Gasteiger partial charge in [0.25, 0.3) is 0 Å². The molecule has 0 unspecified atom stereocenters. The summed E-state index contributed by atoms with van der Waals surface area (Å²) < 4.78 is 26.3. The van der Waals surface area contributed by atoms with Crippen molar-refractivity contribution in [1.82, 2.24) is 0 Å². The summed E-state index contributed by atoms with van der Waals surface area (Å²) in [4.78, 5) is 0. The van der Waals surface area contributed by atoms with Gasteiger partial charge in [-0.25, -0.2) is 8.78 Å². The molecule has 2 aromatic rings. The van der Waals surface area contributed by atoms with Crippen molar-refractivity contribution in [2.75, 3.05) is 11.1 Å². The molecule has 0 radical (unpaired) electrons. The molecule has 0 saturated heterocycles. The Labute approximate surface area is 112 Å². The lowest BCUT2D eigenvalue weighted by Crippen LogP contribution is -2.00. The van der Waals surface area contributed by atoms with Crippen LogP contribution in [0, 0.1) is 11.6 Å². The highest BCUT2D eigenvalue weighted by atomic mass is 35.5. The number of hydrogen-bond donors (Lipinski definition) is 2. The van der Waals surface area contributed by atoms with E-state index in [2.05, 4.69) is 5.32 Å². The lowest BCUT2D eigenvalue weighted by Gasteiger charge is -2.11. The van der Waals surface area contributed by atoms with Gasteiger partial charge < -0.3 is 11.1 Å². The largest absolute Gasteiger partial charge is 0.395 e. The molecule has 0 aliphatic heterocycles. The predicted molar refractivity (Wildman–Crippen MR) is 70.5 cm³/mol. The van der Waals surface area contributed by atoms with Crippen molar-refractivity contribution in [2.45, 2.75) is 0 Å². The minimum absolute atomic E-state index is 0.117. The molecule has 2 nitrogen and oxygen atoms in total. The van der Waals surface area contributed by atoms with Gasteiger partial charge in [-0.15, -0.1) is 0 Å². The second-order valence-corrected chi connectivity index (χ2v) is 4.50. The molecule has 18 heavy (non-hydrogen) atoms. The number of benzene rings is 2. The number of hydrogen-bond acceptors (Lipinski definition) is 2. The fraction of sp³-hybridized carbons (Fsp3) is 0. The highest BCUT2D eigenvalue weighted by Crippen LogP contribution is 2.29. The number of nitrogens with two attached hydrogens (primary N) is 1. The fourth-order valence-electron chi connectivity index (χ4n) is 1.47. The second-order valence-electron chi connectivity index (χ2n) is 3.63. The number of halogens is 4. The van der Waals surface area contributed by atoms with Crippen LogP contribution in [-0.4, -0.2) is 0 Å². The third-order valence-electron chi connectivity index (χ3n) is 2.24. The molecule has 0 amide bonds. The first-order valence-corrected chi connectivity index (χ1v) is 5.69. The van der Waals surface area contributed by atoms with Crippen molar-refractivity contribution in [3.8, 4) is 0 Å². The van der Waals surface area contributed by atoms with Gasteiger partial charge in [0.05, 0.1) is 11.4 Å². The summed E-state index contributed by atoms with van der Waals surface area (Å²) in [5.41, 5.74) is 5.94. The van der Waals surface area contributed by atoms with Gasteiger partial charge in [0, 0.05) is 21.8 Å². The molecule has 0 atom stereocenters. The van der Waals surface area contributed by atoms with Crippen LogP contribution in [0.1, 0.15) is 0 Å². The van der Waals surface area contributed by atoms with Crippen LogP contribution < -0.4 is 11.1 Å². The predicted octanol–water partition coefficient (Wildman–Crippen LogP) is 4.60. The standard InChI is InChI=1S/C12H8Cl2F2N2/c13-6-1-7(14)3-9(2-6)18-11-5-8(15)4-10(16)12(11)17/h1-5,18H,17H2. The first-order chi connectivity index (χ1) is 8.45. The van der Waals surface area contributed by atoms with Gasteiger partial charge in [0.1, 0.15) is 5.82 Å². The molecule has 0 spiro atoms. The van der Waals surface area contributed by atoms with Crippen LogP contribution in [0.2, 0.25) is 10.0 Å². The first-order valence-electron chi connectivity index (χ1n) is 4.93. The summed E-state index contributed by atoms with van der Waals surface area (Å²) in [5.74, 6) is -1.55. The van der Waals surface area contributed by atoms with Gasteiger partial charge in [-0.05, 0) is 24.3 Å². The molecule has 0 aromatic heterocycles. The Morgan fingerprint density at radius 2 is 1.56 bits per heavy atom. The van der Waals surface area contributed by atoms with Crippen LogP contribution in [0.25, 0.3) is 0 Å².